The number of benzene rings is 2. The normalized spacial score (nSPS) is 19.9. The molecule has 0 aliphatic carbocycles. The first-order valence-electron chi connectivity index (χ1n) is 12.5. The summed E-state index contributed by atoms with van der Waals surface area (Å²) in [6, 6.07) is 11.8. The average Bonchev–Trinajstić information content (AvgIpc) is 3.24. The zero-order valence-electron chi connectivity index (χ0n) is 20.4. The number of anilines is 2. The predicted octanol–water partition coefficient (Wildman–Crippen LogP) is 1.98. The maximum atomic E-state index is 13.0. The van der Waals surface area contributed by atoms with Crippen LogP contribution in [0.15, 0.2) is 42.5 Å². The summed E-state index contributed by atoms with van der Waals surface area (Å²) in [5.74, 6) is -0.540. The molecule has 5 amide bonds. The van der Waals surface area contributed by atoms with Crippen LogP contribution in [0.1, 0.15) is 52.0 Å². The van der Waals surface area contributed by atoms with Gasteiger partial charge in [-0.2, -0.15) is 0 Å². The molecule has 1 atom stereocenters. The summed E-state index contributed by atoms with van der Waals surface area (Å²) in [5.41, 5.74) is 3.58. The van der Waals surface area contributed by atoms with Crippen LogP contribution < -0.4 is 16.0 Å². The third kappa shape index (κ3) is 5.04. The third-order valence-electron chi connectivity index (χ3n) is 7.42. The summed E-state index contributed by atoms with van der Waals surface area (Å²) in [6.45, 7) is 2.37. The number of carbonyl (C=O) groups is 5. The molecule has 0 aromatic heterocycles. The molecular weight excluding hydrogens is 474 g/mol. The lowest BCUT2D eigenvalue weighted by atomic mass is 9.95. The Bertz CT molecular complexity index is 1240. The number of nitrogens with zero attached hydrogens (tertiary/aromatic N) is 2. The Hall–Kier alpha value is -4.21. The van der Waals surface area contributed by atoms with Crippen LogP contribution in [-0.4, -0.2) is 65.5 Å². The number of rotatable bonds is 7. The van der Waals surface area contributed by atoms with E-state index in [0.29, 0.717) is 55.2 Å². The van der Waals surface area contributed by atoms with Gasteiger partial charge in [0.15, 0.2) is 0 Å². The van der Waals surface area contributed by atoms with E-state index in [1.54, 1.807) is 35.2 Å². The molecule has 3 aliphatic rings. The van der Waals surface area contributed by atoms with Crippen molar-refractivity contribution in [1.29, 1.82) is 0 Å². The highest BCUT2D eigenvalue weighted by molar-refractivity contribution is 6.06. The first kappa shape index (κ1) is 24.5. The lowest BCUT2D eigenvalue weighted by molar-refractivity contribution is -0.136. The molecule has 2 aromatic rings. The van der Waals surface area contributed by atoms with Gasteiger partial charge in [0.2, 0.25) is 18.2 Å². The van der Waals surface area contributed by atoms with Crippen molar-refractivity contribution in [3.05, 3.63) is 59.2 Å². The lowest BCUT2D eigenvalue weighted by Crippen LogP contribution is -2.52. The van der Waals surface area contributed by atoms with Gasteiger partial charge in [-0.15, -0.1) is 0 Å². The number of piperidine rings is 2. The minimum atomic E-state index is -0.634. The molecule has 2 saturated heterocycles. The first-order chi connectivity index (χ1) is 17.9. The minimum Gasteiger partial charge on any atom is -0.384 e. The molecule has 3 aliphatic heterocycles. The van der Waals surface area contributed by atoms with Gasteiger partial charge in [0.25, 0.3) is 11.8 Å². The van der Waals surface area contributed by atoms with Gasteiger partial charge in [0, 0.05) is 60.7 Å². The molecule has 2 fully saturated rings. The molecule has 10 nitrogen and oxygen atoms in total. The molecule has 0 saturated carbocycles. The quantitative estimate of drug-likeness (QED) is 0.392. The summed E-state index contributed by atoms with van der Waals surface area (Å²) in [4.78, 5) is 63.7. The molecule has 10 heteroatoms. The zero-order valence-corrected chi connectivity index (χ0v) is 20.4. The molecule has 0 radical (unpaired) electrons. The molecule has 3 heterocycles. The van der Waals surface area contributed by atoms with Crippen LogP contribution in [-0.2, 0) is 20.9 Å². The predicted molar refractivity (Wildman–Crippen MR) is 136 cm³/mol. The van der Waals surface area contributed by atoms with Crippen LogP contribution in [0.25, 0.3) is 0 Å². The lowest BCUT2D eigenvalue weighted by Gasteiger charge is -2.32. The number of carbonyl (C=O) groups excluding carboxylic acids is 5. The Morgan fingerprint density at radius 1 is 1.03 bits per heavy atom. The number of fused-ring (bicyclic) bond motifs is 1. The number of amides is 5. The zero-order chi connectivity index (χ0) is 25.9. The minimum absolute atomic E-state index is 0.0167. The first-order valence-corrected chi connectivity index (χ1v) is 12.5. The molecule has 0 spiro atoms. The van der Waals surface area contributed by atoms with E-state index < -0.39 is 11.9 Å². The Balaban J connectivity index is 1.16. The molecule has 1 unspecified atom stereocenters. The van der Waals surface area contributed by atoms with Crippen LogP contribution in [0, 0.1) is 5.92 Å². The van der Waals surface area contributed by atoms with Crippen molar-refractivity contribution < 1.29 is 24.0 Å². The summed E-state index contributed by atoms with van der Waals surface area (Å²) in [7, 11) is 0. The Morgan fingerprint density at radius 2 is 1.78 bits per heavy atom. The van der Waals surface area contributed by atoms with E-state index in [-0.39, 0.29) is 24.1 Å². The van der Waals surface area contributed by atoms with Gasteiger partial charge in [-0.1, -0.05) is 6.07 Å². The van der Waals surface area contributed by atoms with Crippen LogP contribution in [0.2, 0.25) is 0 Å². The van der Waals surface area contributed by atoms with E-state index in [2.05, 4.69) is 16.0 Å². The number of nitrogens with one attached hydrogen (secondary N) is 3. The van der Waals surface area contributed by atoms with Crippen LogP contribution in [0.3, 0.4) is 0 Å². The van der Waals surface area contributed by atoms with Gasteiger partial charge in [0.05, 0.1) is 0 Å². The fourth-order valence-corrected chi connectivity index (χ4v) is 5.31. The van der Waals surface area contributed by atoms with Gasteiger partial charge >= 0.3 is 0 Å². The van der Waals surface area contributed by atoms with Gasteiger partial charge in [-0.25, -0.2) is 0 Å². The summed E-state index contributed by atoms with van der Waals surface area (Å²) in [5, 5.41) is 8.40. The Labute approximate surface area is 214 Å². The van der Waals surface area contributed by atoms with Crippen molar-refractivity contribution in [2.75, 3.05) is 30.3 Å². The van der Waals surface area contributed by atoms with Gasteiger partial charge in [-0.05, 0) is 61.6 Å². The van der Waals surface area contributed by atoms with E-state index in [4.69, 9.17) is 0 Å². The summed E-state index contributed by atoms with van der Waals surface area (Å²) >= 11 is 0. The fraction of sp³-hybridized carbons (Fsp3) is 0.370. The highest BCUT2D eigenvalue weighted by Gasteiger charge is 2.39. The molecule has 5 rings (SSSR count). The van der Waals surface area contributed by atoms with E-state index in [9.17, 15) is 24.0 Å². The van der Waals surface area contributed by atoms with Crippen LogP contribution in [0.4, 0.5) is 11.4 Å². The largest absolute Gasteiger partial charge is 0.384 e. The molecule has 192 valence electrons. The third-order valence-corrected chi connectivity index (χ3v) is 7.42. The van der Waals surface area contributed by atoms with E-state index >= 15 is 0 Å². The highest BCUT2D eigenvalue weighted by Crippen LogP contribution is 2.33. The maximum absolute atomic E-state index is 13.0. The van der Waals surface area contributed by atoms with E-state index in [1.165, 1.54) is 0 Å². The molecule has 3 N–H and O–H groups in total. The van der Waals surface area contributed by atoms with Crippen molar-refractivity contribution in [2.24, 2.45) is 5.92 Å². The number of likely N-dealkylation sites (tertiary alicyclic amines) is 1. The van der Waals surface area contributed by atoms with Crippen molar-refractivity contribution in [3.8, 4) is 0 Å². The van der Waals surface area contributed by atoms with Crippen molar-refractivity contribution in [2.45, 2.75) is 38.3 Å². The number of hydrogen-bond donors (Lipinski definition) is 3. The fourth-order valence-electron chi connectivity index (χ4n) is 5.31. The second-order valence-corrected chi connectivity index (χ2v) is 9.69. The Kier molecular flexibility index (Phi) is 6.89. The number of hydrogen-bond acceptors (Lipinski definition) is 6. The molecule has 2 aromatic carbocycles. The van der Waals surface area contributed by atoms with Crippen molar-refractivity contribution in [1.82, 2.24) is 15.1 Å². The Morgan fingerprint density at radius 3 is 2.49 bits per heavy atom. The molecular formula is C27H29N5O5. The van der Waals surface area contributed by atoms with Gasteiger partial charge in [-0.3, -0.25) is 29.3 Å². The second-order valence-electron chi connectivity index (χ2n) is 9.69. The smallest absolute Gasteiger partial charge is 0.255 e. The number of imide groups is 1. The summed E-state index contributed by atoms with van der Waals surface area (Å²) in [6.07, 6.45) is 2.89. The maximum Gasteiger partial charge on any atom is 0.255 e. The topological polar surface area (TPSA) is 128 Å². The van der Waals surface area contributed by atoms with Crippen molar-refractivity contribution in [3.63, 3.8) is 0 Å². The van der Waals surface area contributed by atoms with E-state index in [0.717, 1.165) is 30.6 Å². The van der Waals surface area contributed by atoms with E-state index in [1.807, 2.05) is 17.0 Å². The molecule has 37 heavy (non-hydrogen) atoms. The standard InChI is InChI=1S/C27H29N5O5/c33-16-29-19-6-4-18(5-7-19)26(36)31-12-10-17(11-13-31)14-28-22-3-1-2-20-21(22)15-32(27(20)37)23-8-9-24(34)30-25(23)35/h1-7,16-17,23,28H,8-15H2,(H,29,33)(H,30,34,35). The highest BCUT2D eigenvalue weighted by atomic mass is 16.2. The second kappa shape index (κ2) is 10.4. The average molecular weight is 504 g/mol. The van der Waals surface area contributed by atoms with Gasteiger partial charge in [0.1, 0.15) is 6.04 Å². The van der Waals surface area contributed by atoms with Gasteiger partial charge < -0.3 is 20.4 Å². The molecule has 0 bridgehead atoms. The van der Waals surface area contributed by atoms with Crippen LogP contribution in [0.5, 0.6) is 0 Å². The summed E-state index contributed by atoms with van der Waals surface area (Å²) < 4.78 is 0. The van der Waals surface area contributed by atoms with Crippen LogP contribution >= 0.6 is 0 Å². The SMILES string of the molecule is O=CNc1ccc(C(=O)N2CCC(CNc3cccc4c3CN(C3CCC(=O)NC3=O)C4=O)CC2)cc1. The van der Waals surface area contributed by atoms with Crippen molar-refractivity contribution >= 4 is 41.4 Å². The monoisotopic (exact) mass is 503 g/mol.